The zero-order valence-corrected chi connectivity index (χ0v) is 10.6. The molecule has 1 amide bonds. The number of carbonyl (C=O) groups excluding carboxylic acids is 1. The van der Waals surface area contributed by atoms with Gasteiger partial charge in [-0.05, 0) is 19.3 Å². The summed E-state index contributed by atoms with van der Waals surface area (Å²) in [6, 6.07) is 0. The highest BCUT2D eigenvalue weighted by Crippen LogP contribution is 2.02. The first-order valence-corrected chi connectivity index (χ1v) is 6.51. The van der Waals surface area contributed by atoms with E-state index >= 15 is 0 Å². The first-order chi connectivity index (χ1) is 7.81. The topological polar surface area (TPSA) is 29.1 Å². The summed E-state index contributed by atoms with van der Waals surface area (Å²) in [7, 11) is 0. The Morgan fingerprint density at radius 1 is 1.12 bits per heavy atom. The van der Waals surface area contributed by atoms with E-state index in [1.165, 1.54) is 25.7 Å². The molecule has 0 atom stereocenters. The van der Waals surface area contributed by atoms with E-state index in [2.05, 4.69) is 18.2 Å². The van der Waals surface area contributed by atoms with Crippen LogP contribution in [0, 0.1) is 12.3 Å². The van der Waals surface area contributed by atoms with Crippen LogP contribution >= 0.6 is 0 Å². The van der Waals surface area contributed by atoms with E-state index in [4.69, 9.17) is 6.42 Å². The highest BCUT2D eigenvalue weighted by molar-refractivity contribution is 5.75. The summed E-state index contributed by atoms with van der Waals surface area (Å²) in [4.78, 5) is 11.3. The smallest absolute Gasteiger partial charge is 0.219 e. The van der Waals surface area contributed by atoms with E-state index in [1.807, 2.05) is 0 Å². The molecule has 0 aliphatic heterocycles. The lowest BCUT2D eigenvalue weighted by molar-refractivity contribution is -0.121. The average molecular weight is 223 g/mol. The van der Waals surface area contributed by atoms with Crippen LogP contribution in [-0.2, 0) is 4.79 Å². The SMILES string of the molecule is C#CCCCCC(=O)NCCCCCCC. The average Bonchev–Trinajstić information content (AvgIpc) is 2.29. The first kappa shape index (κ1) is 15.0. The predicted molar refractivity (Wildman–Crippen MR) is 69.1 cm³/mol. The van der Waals surface area contributed by atoms with E-state index in [-0.39, 0.29) is 5.91 Å². The van der Waals surface area contributed by atoms with E-state index in [0.717, 1.165) is 32.2 Å². The molecule has 92 valence electrons. The summed E-state index contributed by atoms with van der Waals surface area (Å²) in [6.07, 6.45) is 14.6. The summed E-state index contributed by atoms with van der Waals surface area (Å²) in [5, 5.41) is 2.95. The Kier molecular flexibility index (Phi) is 11.4. The van der Waals surface area contributed by atoms with Crippen LogP contribution in [0.2, 0.25) is 0 Å². The fourth-order valence-electron chi connectivity index (χ4n) is 1.56. The van der Waals surface area contributed by atoms with Gasteiger partial charge in [-0.2, -0.15) is 0 Å². The summed E-state index contributed by atoms with van der Waals surface area (Å²) in [5.74, 6) is 2.76. The second kappa shape index (κ2) is 12.1. The van der Waals surface area contributed by atoms with Crippen molar-refractivity contribution in [2.75, 3.05) is 6.54 Å². The number of hydrogen-bond donors (Lipinski definition) is 1. The molecule has 0 heterocycles. The van der Waals surface area contributed by atoms with Crippen molar-refractivity contribution < 1.29 is 4.79 Å². The quantitative estimate of drug-likeness (QED) is 0.447. The third-order valence-corrected chi connectivity index (χ3v) is 2.58. The number of rotatable bonds is 10. The van der Waals surface area contributed by atoms with Crippen molar-refractivity contribution in [3.8, 4) is 12.3 Å². The number of terminal acetylenes is 1. The Hall–Kier alpha value is -0.970. The molecule has 0 rings (SSSR count). The predicted octanol–water partition coefficient (Wildman–Crippen LogP) is 3.27. The van der Waals surface area contributed by atoms with Gasteiger partial charge in [-0.15, -0.1) is 12.3 Å². The standard InChI is InChI=1S/C14H25NO/c1-3-5-7-9-11-13-15-14(16)12-10-8-6-4-2/h2H,3,5-13H2,1H3,(H,15,16). The normalized spacial score (nSPS) is 9.75. The molecule has 0 bridgehead atoms. The van der Waals surface area contributed by atoms with Crippen LogP contribution in [0.3, 0.4) is 0 Å². The van der Waals surface area contributed by atoms with Crippen LogP contribution in [0.15, 0.2) is 0 Å². The van der Waals surface area contributed by atoms with E-state index in [0.29, 0.717) is 6.42 Å². The molecule has 0 fully saturated rings. The van der Waals surface area contributed by atoms with Crippen LogP contribution < -0.4 is 5.32 Å². The van der Waals surface area contributed by atoms with Gasteiger partial charge in [-0.25, -0.2) is 0 Å². The number of carbonyl (C=O) groups is 1. The molecular formula is C14H25NO. The van der Waals surface area contributed by atoms with Crippen LogP contribution in [0.25, 0.3) is 0 Å². The van der Waals surface area contributed by atoms with Crippen LogP contribution in [0.5, 0.6) is 0 Å². The van der Waals surface area contributed by atoms with Crippen LogP contribution in [0.4, 0.5) is 0 Å². The molecule has 2 nitrogen and oxygen atoms in total. The molecule has 1 N–H and O–H groups in total. The second-order valence-corrected chi connectivity index (χ2v) is 4.18. The summed E-state index contributed by atoms with van der Waals surface area (Å²) >= 11 is 0. The molecule has 0 aromatic carbocycles. The van der Waals surface area contributed by atoms with Gasteiger partial charge < -0.3 is 5.32 Å². The maximum Gasteiger partial charge on any atom is 0.219 e. The lowest BCUT2D eigenvalue weighted by Gasteiger charge is -2.04. The number of amides is 1. The van der Waals surface area contributed by atoms with Crippen molar-refractivity contribution in [1.82, 2.24) is 5.32 Å². The van der Waals surface area contributed by atoms with E-state index in [9.17, 15) is 4.79 Å². The molecule has 0 aliphatic rings. The van der Waals surface area contributed by atoms with Crippen molar-refractivity contribution in [3.05, 3.63) is 0 Å². The Labute approximate surface area is 100 Å². The summed E-state index contributed by atoms with van der Waals surface area (Å²) < 4.78 is 0. The highest BCUT2D eigenvalue weighted by atomic mass is 16.1. The Bertz CT molecular complexity index is 205. The molecular weight excluding hydrogens is 198 g/mol. The fraction of sp³-hybridized carbons (Fsp3) is 0.786. The number of hydrogen-bond acceptors (Lipinski definition) is 1. The molecule has 0 saturated carbocycles. The van der Waals surface area contributed by atoms with Gasteiger partial charge in [0.1, 0.15) is 0 Å². The molecule has 0 spiro atoms. The van der Waals surface area contributed by atoms with Gasteiger partial charge in [0.15, 0.2) is 0 Å². The minimum Gasteiger partial charge on any atom is -0.356 e. The third-order valence-electron chi connectivity index (χ3n) is 2.58. The lowest BCUT2D eigenvalue weighted by Crippen LogP contribution is -2.23. The van der Waals surface area contributed by atoms with Crippen molar-refractivity contribution in [2.45, 2.75) is 64.7 Å². The first-order valence-electron chi connectivity index (χ1n) is 6.51. The van der Waals surface area contributed by atoms with Gasteiger partial charge in [0.2, 0.25) is 5.91 Å². The van der Waals surface area contributed by atoms with Gasteiger partial charge in [0.05, 0.1) is 0 Å². The van der Waals surface area contributed by atoms with Gasteiger partial charge >= 0.3 is 0 Å². The summed E-state index contributed by atoms with van der Waals surface area (Å²) in [5.41, 5.74) is 0. The van der Waals surface area contributed by atoms with Crippen LogP contribution in [-0.4, -0.2) is 12.5 Å². The van der Waals surface area contributed by atoms with Gasteiger partial charge in [-0.3, -0.25) is 4.79 Å². The van der Waals surface area contributed by atoms with Crippen molar-refractivity contribution in [2.24, 2.45) is 0 Å². The lowest BCUT2D eigenvalue weighted by atomic mass is 10.1. The van der Waals surface area contributed by atoms with Crippen molar-refractivity contribution in [1.29, 1.82) is 0 Å². The minimum absolute atomic E-state index is 0.174. The Morgan fingerprint density at radius 3 is 2.56 bits per heavy atom. The maximum absolute atomic E-state index is 11.3. The largest absolute Gasteiger partial charge is 0.356 e. The van der Waals surface area contributed by atoms with E-state index < -0.39 is 0 Å². The van der Waals surface area contributed by atoms with Gasteiger partial charge in [0.25, 0.3) is 0 Å². The highest BCUT2D eigenvalue weighted by Gasteiger charge is 1.99. The molecule has 0 aliphatic carbocycles. The summed E-state index contributed by atoms with van der Waals surface area (Å²) in [6.45, 7) is 3.04. The maximum atomic E-state index is 11.3. The number of unbranched alkanes of at least 4 members (excludes halogenated alkanes) is 6. The zero-order valence-electron chi connectivity index (χ0n) is 10.6. The molecule has 0 unspecified atom stereocenters. The fourth-order valence-corrected chi connectivity index (χ4v) is 1.56. The van der Waals surface area contributed by atoms with Crippen molar-refractivity contribution in [3.63, 3.8) is 0 Å². The van der Waals surface area contributed by atoms with E-state index in [1.54, 1.807) is 0 Å². The zero-order chi connectivity index (χ0) is 12.1. The molecule has 0 aromatic heterocycles. The molecule has 0 radical (unpaired) electrons. The second-order valence-electron chi connectivity index (χ2n) is 4.18. The minimum atomic E-state index is 0.174. The molecule has 0 aromatic rings. The van der Waals surface area contributed by atoms with Crippen molar-refractivity contribution >= 4 is 5.91 Å². The molecule has 16 heavy (non-hydrogen) atoms. The van der Waals surface area contributed by atoms with Gasteiger partial charge in [-0.1, -0.05) is 32.6 Å². The monoisotopic (exact) mass is 223 g/mol. The third kappa shape index (κ3) is 11.1. The Morgan fingerprint density at radius 2 is 1.88 bits per heavy atom. The molecule has 0 saturated heterocycles. The van der Waals surface area contributed by atoms with Crippen LogP contribution in [0.1, 0.15) is 64.7 Å². The Balaban J connectivity index is 3.15. The molecule has 2 heteroatoms. The number of nitrogens with one attached hydrogen (secondary N) is 1. The van der Waals surface area contributed by atoms with Gasteiger partial charge in [0, 0.05) is 19.4 Å².